The van der Waals surface area contributed by atoms with E-state index in [-0.39, 0.29) is 0 Å². The minimum absolute atomic E-state index is 0.333. The Morgan fingerprint density at radius 2 is 2.06 bits per heavy atom. The first kappa shape index (κ1) is 15.3. The molecule has 0 aliphatic carbocycles. The minimum atomic E-state index is 0.333. The molecule has 1 aliphatic heterocycles. The van der Waals surface area contributed by atoms with Crippen LogP contribution in [-0.4, -0.2) is 56.7 Å². The quantitative estimate of drug-likeness (QED) is 0.709. The van der Waals surface area contributed by atoms with Gasteiger partial charge >= 0.3 is 0 Å². The van der Waals surface area contributed by atoms with Crippen molar-refractivity contribution in [3.8, 4) is 0 Å². The van der Waals surface area contributed by atoms with Gasteiger partial charge in [-0.3, -0.25) is 4.90 Å². The van der Waals surface area contributed by atoms with Crippen LogP contribution >= 0.6 is 12.6 Å². The number of likely N-dealkylation sites (N-methyl/N-ethyl adjacent to an activating group) is 1. The first-order chi connectivity index (χ1) is 8.17. The van der Waals surface area contributed by atoms with Crippen LogP contribution in [-0.2, 0) is 9.47 Å². The molecule has 0 radical (unpaired) electrons. The van der Waals surface area contributed by atoms with Crippen molar-refractivity contribution >= 4 is 12.6 Å². The van der Waals surface area contributed by atoms with Crippen molar-refractivity contribution in [2.45, 2.75) is 32.7 Å². The molecule has 1 fully saturated rings. The predicted molar refractivity (Wildman–Crippen MR) is 74.9 cm³/mol. The van der Waals surface area contributed by atoms with Gasteiger partial charge in [0.2, 0.25) is 0 Å². The first-order valence-corrected chi connectivity index (χ1v) is 7.22. The average Bonchev–Trinajstić information content (AvgIpc) is 2.37. The highest BCUT2D eigenvalue weighted by Gasteiger charge is 2.33. The third-order valence-corrected chi connectivity index (χ3v) is 4.54. The van der Waals surface area contributed by atoms with Gasteiger partial charge in [0.05, 0.1) is 6.61 Å². The Morgan fingerprint density at radius 3 is 2.53 bits per heavy atom. The van der Waals surface area contributed by atoms with Crippen LogP contribution in [0.5, 0.6) is 0 Å². The third-order valence-electron chi connectivity index (χ3n) is 3.86. The van der Waals surface area contributed by atoms with E-state index in [1.807, 2.05) is 0 Å². The highest BCUT2D eigenvalue weighted by molar-refractivity contribution is 7.80. The normalized spacial score (nSPS) is 21.7. The molecule has 0 N–H and O–H groups in total. The smallest absolute Gasteiger partial charge is 0.0615 e. The summed E-state index contributed by atoms with van der Waals surface area (Å²) in [4.78, 5) is 2.50. The summed E-state index contributed by atoms with van der Waals surface area (Å²) in [5.41, 5.74) is 0.333. The molecular weight excluding hydrogens is 234 g/mol. The maximum absolute atomic E-state index is 5.47. The standard InChI is InChI=1S/C13H27NO2S/c1-4-14(12(2)9-15-3)10-13(11-17)5-7-16-8-6-13/h12,17H,4-11H2,1-3H3. The van der Waals surface area contributed by atoms with Gasteiger partial charge in [-0.05, 0) is 37.5 Å². The lowest BCUT2D eigenvalue weighted by Crippen LogP contribution is -2.47. The molecule has 3 nitrogen and oxygen atoms in total. The summed E-state index contributed by atoms with van der Waals surface area (Å²) in [5, 5.41) is 0. The third kappa shape index (κ3) is 4.43. The Labute approximate surface area is 111 Å². The second kappa shape index (κ2) is 7.62. The van der Waals surface area contributed by atoms with Crippen LogP contribution in [0.15, 0.2) is 0 Å². The topological polar surface area (TPSA) is 21.7 Å². The van der Waals surface area contributed by atoms with Gasteiger partial charge in [0.25, 0.3) is 0 Å². The number of nitrogens with zero attached hydrogens (tertiary/aromatic N) is 1. The molecule has 0 saturated carbocycles. The van der Waals surface area contributed by atoms with E-state index < -0.39 is 0 Å². The van der Waals surface area contributed by atoms with Crippen LogP contribution in [0, 0.1) is 5.41 Å². The minimum Gasteiger partial charge on any atom is -0.383 e. The molecule has 1 saturated heterocycles. The molecule has 4 heteroatoms. The summed E-state index contributed by atoms with van der Waals surface area (Å²) >= 11 is 4.57. The maximum atomic E-state index is 5.47. The van der Waals surface area contributed by atoms with E-state index in [0.717, 1.165) is 51.5 Å². The molecule has 0 aromatic heterocycles. The Morgan fingerprint density at radius 1 is 1.41 bits per heavy atom. The summed E-state index contributed by atoms with van der Waals surface area (Å²) in [6.07, 6.45) is 2.26. The van der Waals surface area contributed by atoms with Crippen molar-refractivity contribution < 1.29 is 9.47 Å². The molecule has 102 valence electrons. The zero-order valence-electron chi connectivity index (χ0n) is 11.4. The van der Waals surface area contributed by atoms with Gasteiger partial charge in [0.1, 0.15) is 0 Å². The van der Waals surface area contributed by atoms with E-state index in [1.165, 1.54) is 0 Å². The lowest BCUT2D eigenvalue weighted by molar-refractivity contribution is -0.00507. The first-order valence-electron chi connectivity index (χ1n) is 6.59. The Kier molecular flexibility index (Phi) is 6.85. The molecule has 0 aromatic rings. The number of ether oxygens (including phenoxy) is 2. The highest BCUT2D eigenvalue weighted by Crippen LogP contribution is 2.33. The molecule has 1 unspecified atom stereocenters. The summed E-state index contributed by atoms with van der Waals surface area (Å²) < 4.78 is 10.7. The fourth-order valence-electron chi connectivity index (χ4n) is 2.53. The van der Waals surface area contributed by atoms with Crippen molar-refractivity contribution in [1.29, 1.82) is 0 Å². The van der Waals surface area contributed by atoms with E-state index in [9.17, 15) is 0 Å². The molecule has 0 bridgehead atoms. The zero-order chi connectivity index (χ0) is 12.7. The van der Waals surface area contributed by atoms with Crippen LogP contribution in [0.4, 0.5) is 0 Å². The number of hydrogen-bond acceptors (Lipinski definition) is 4. The summed E-state index contributed by atoms with van der Waals surface area (Å²) in [5.74, 6) is 0.951. The van der Waals surface area contributed by atoms with Crippen LogP contribution < -0.4 is 0 Å². The van der Waals surface area contributed by atoms with Crippen molar-refractivity contribution in [2.24, 2.45) is 5.41 Å². The van der Waals surface area contributed by atoms with Gasteiger partial charge in [-0.25, -0.2) is 0 Å². The van der Waals surface area contributed by atoms with Crippen molar-refractivity contribution in [3.63, 3.8) is 0 Å². The van der Waals surface area contributed by atoms with Gasteiger partial charge < -0.3 is 9.47 Å². The number of hydrogen-bond donors (Lipinski definition) is 1. The van der Waals surface area contributed by atoms with E-state index >= 15 is 0 Å². The molecule has 0 aromatic carbocycles. The van der Waals surface area contributed by atoms with Crippen LogP contribution in [0.1, 0.15) is 26.7 Å². The van der Waals surface area contributed by atoms with E-state index in [2.05, 4.69) is 31.4 Å². The van der Waals surface area contributed by atoms with Crippen molar-refractivity contribution in [3.05, 3.63) is 0 Å². The molecule has 1 atom stereocenters. The molecule has 1 aliphatic rings. The van der Waals surface area contributed by atoms with E-state index in [0.29, 0.717) is 11.5 Å². The fraction of sp³-hybridized carbons (Fsp3) is 1.00. The number of methoxy groups -OCH3 is 1. The number of rotatable bonds is 7. The lowest BCUT2D eigenvalue weighted by Gasteiger charge is -2.41. The van der Waals surface area contributed by atoms with Crippen LogP contribution in [0.3, 0.4) is 0 Å². The summed E-state index contributed by atoms with van der Waals surface area (Å²) in [7, 11) is 1.77. The summed E-state index contributed by atoms with van der Waals surface area (Å²) in [6, 6.07) is 0.476. The number of thiol groups is 1. The Balaban J connectivity index is 2.57. The van der Waals surface area contributed by atoms with Gasteiger partial charge in [-0.2, -0.15) is 12.6 Å². The fourth-order valence-corrected chi connectivity index (χ4v) is 2.94. The zero-order valence-corrected chi connectivity index (χ0v) is 12.3. The second-order valence-corrected chi connectivity index (χ2v) is 5.45. The Hall–Kier alpha value is 0.230. The molecular formula is C13H27NO2S. The van der Waals surface area contributed by atoms with Gasteiger partial charge in [-0.1, -0.05) is 6.92 Å². The summed E-state index contributed by atoms with van der Waals surface area (Å²) in [6.45, 7) is 9.21. The van der Waals surface area contributed by atoms with Crippen molar-refractivity contribution in [1.82, 2.24) is 4.90 Å². The Bertz CT molecular complexity index is 208. The van der Waals surface area contributed by atoms with Crippen molar-refractivity contribution in [2.75, 3.05) is 45.8 Å². The second-order valence-electron chi connectivity index (χ2n) is 5.14. The molecule has 17 heavy (non-hydrogen) atoms. The van der Waals surface area contributed by atoms with Gasteiger partial charge in [0, 0.05) is 32.9 Å². The molecule has 0 spiro atoms. The predicted octanol–water partition coefficient (Wildman–Crippen LogP) is 2.07. The van der Waals surface area contributed by atoms with Crippen LogP contribution in [0.25, 0.3) is 0 Å². The monoisotopic (exact) mass is 261 g/mol. The van der Waals surface area contributed by atoms with Gasteiger partial charge in [-0.15, -0.1) is 0 Å². The maximum Gasteiger partial charge on any atom is 0.0615 e. The van der Waals surface area contributed by atoms with E-state index in [4.69, 9.17) is 9.47 Å². The lowest BCUT2D eigenvalue weighted by atomic mass is 9.81. The highest BCUT2D eigenvalue weighted by atomic mass is 32.1. The van der Waals surface area contributed by atoms with Gasteiger partial charge in [0.15, 0.2) is 0 Å². The molecule has 1 heterocycles. The molecule has 1 rings (SSSR count). The van der Waals surface area contributed by atoms with Crippen LogP contribution in [0.2, 0.25) is 0 Å². The average molecular weight is 261 g/mol. The largest absolute Gasteiger partial charge is 0.383 e. The van der Waals surface area contributed by atoms with E-state index in [1.54, 1.807) is 7.11 Å². The SMILES string of the molecule is CCN(CC1(CS)CCOCC1)C(C)COC. The molecule has 0 amide bonds.